The van der Waals surface area contributed by atoms with Crippen LogP contribution in [0.4, 0.5) is 0 Å². The number of carbonyl (C=O) groups excluding carboxylic acids is 2. The molecule has 0 atom stereocenters. The van der Waals surface area contributed by atoms with Crippen molar-refractivity contribution in [2.45, 2.75) is 25.2 Å². The molecule has 2 aromatic carbocycles. The molecular weight excluding hydrogens is 302 g/mol. The van der Waals surface area contributed by atoms with Gasteiger partial charge < -0.3 is 9.64 Å². The Kier molecular flexibility index (Phi) is 3.41. The van der Waals surface area contributed by atoms with Gasteiger partial charge in [-0.2, -0.15) is 0 Å². The van der Waals surface area contributed by atoms with Crippen LogP contribution in [-0.4, -0.2) is 29.7 Å². The predicted octanol–water partition coefficient (Wildman–Crippen LogP) is 3.56. The van der Waals surface area contributed by atoms with Gasteiger partial charge in [-0.1, -0.05) is 30.3 Å². The van der Waals surface area contributed by atoms with E-state index < -0.39 is 5.41 Å². The Balaban J connectivity index is 1.86. The molecule has 2 aliphatic rings. The molecular formula is C20H19NO3. The predicted molar refractivity (Wildman–Crippen MR) is 90.5 cm³/mol. The second-order valence-corrected chi connectivity index (χ2v) is 6.51. The van der Waals surface area contributed by atoms with Gasteiger partial charge in [0.05, 0.1) is 11.0 Å². The topological polar surface area (TPSA) is 46.6 Å². The molecule has 0 bridgehead atoms. The van der Waals surface area contributed by atoms with Crippen LogP contribution in [0, 0.1) is 0 Å². The molecule has 1 amide bonds. The van der Waals surface area contributed by atoms with Crippen molar-refractivity contribution in [1.29, 1.82) is 0 Å². The van der Waals surface area contributed by atoms with Gasteiger partial charge in [-0.3, -0.25) is 9.59 Å². The fourth-order valence-corrected chi connectivity index (χ4v) is 3.89. The Morgan fingerprint density at radius 1 is 1.00 bits per heavy atom. The third-order valence-electron chi connectivity index (χ3n) is 5.25. The molecule has 0 N–H and O–H groups in total. The second kappa shape index (κ2) is 5.48. The van der Waals surface area contributed by atoms with E-state index in [9.17, 15) is 9.59 Å². The Labute approximate surface area is 141 Å². The molecule has 4 heteroatoms. The van der Waals surface area contributed by atoms with Crippen LogP contribution < -0.4 is 4.74 Å². The number of hydrogen-bond acceptors (Lipinski definition) is 3. The Hall–Kier alpha value is -2.62. The number of hydrogen-bond donors (Lipinski definition) is 0. The number of likely N-dealkylation sites (tertiary alicyclic amines) is 1. The van der Waals surface area contributed by atoms with Gasteiger partial charge in [-0.05, 0) is 31.0 Å². The van der Waals surface area contributed by atoms with E-state index in [0.717, 1.165) is 11.3 Å². The van der Waals surface area contributed by atoms with Crippen molar-refractivity contribution in [3.63, 3.8) is 0 Å². The minimum absolute atomic E-state index is 0.0656. The molecule has 0 aliphatic carbocycles. The maximum absolute atomic E-state index is 13.5. The summed E-state index contributed by atoms with van der Waals surface area (Å²) in [6, 6.07) is 15.2. The summed E-state index contributed by atoms with van der Waals surface area (Å²) >= 11 is 0. The molecule has 2 heterocycles. The average molecular weight is 321 g/mol. The van der Waals surface area contributed by atoms with E-state index in [2.05, 4.69) is 0 Å². The van der Waals surface area contributed by atoms with Gasteiger partial charge in [0.1, 0.15) is 11.5 Å². The van der Waals surface area contributed by atoms with Crippen molar-refractivity contribution >= 4 is 11.7 Å². The summed E-state index contributed by atoms with van der Waals surface area (Å²) in [5.74, 6) is 1.52. The third kappa shape index (κ3) is 2.13. The fraction of sp³-hybridized carbons (Fsp3) is 0.300. The maximum atomic E-state index is 13.5. The number of para-hydroxylation sites is 2. The van der Waals surface area contributed by atoms with Crippen LogP contribution in [0.25, 0.3) is 0 Å². The highest BCUT2D eigenvalue weighted by atomic mass is 16.5. The number of Topliss-reactive ketones (excluding diaryl/α,β-unsaturated/α-hetero) is 1. The van der Waals surface area contributed by atoms with Crippen LogP contribution in [0.15, 0.2) is 48.5 Å². The van der Waals surface area contributed by atoms with Crippen LogP contribution in [-0.2, 0) is 10.2 Å². The summed E-state index contributed by atoms with van der Waals surface area (Å²) in [6.07, 6.45) is 1.25. The number of carbonyl (C=O) groups is 2. The molecule has 122 valence electrons. The monoisotopic (exact) mass is 321 g/mol. The SMILES string of the molecule is CC(=O)N1CCC2(CC1)C(=O)c1ccccc1Oc1ccccc12. The van der Waals surface area contributed by atoms with Crippen molar-refractivity contribution in [3.8, 4) is 11.5 Å². The smallest absolute Gasteiger partial charge is 0.219 e. The van der Waals surface area contributed by atoms with E-state index in [1.807, 2.05) is 53.4 Å². The van der Waals surface area contributed by atoms with Gasteiger partial charge in [-0.15, -0.1) is 0 Å². The Morgan fingerprint density at radius 2 is 1.62 bits per heavy atom. The first-order valence-corrected chi connectivity index (χ1v) is 8.28. The first-order chi connectivity index (χ1) is 11.6. The number of amides is 1. The lowest BCUT2D eigenvalue weighted by Gasteiger charge is -2.40. The molecule has 0 radical (unpaired) electrons. The van der Waals surface area contributed by atoms with Gasteiger partial charge in [0.2, 0.25) is 5.91 Å². The maximum Gasteiger partial charge on any atom is 0.219 e. The van der Waals surface area contributed by atoms with Gasteiger partial charge in [0, 0.05) is 25.6 Å². The number of nitrogens with zero attached hydrogens (tertiary/aromatic N) is 1. The first-order valence-electron chi connectivity index (χ1n) is 8.28. The van der Waals surface area contributed by atoms with Gasteiger partial charge in [0.15, 0.2) is 5.78 Å². The van der Waals surface area contributed by atoms with Gasteiger partial charge in [-0.25, -0.2) is 0 Å². The summed E-state index contributed by atoms with van der Waals surface area (Å²) < 4.78 is 6.07. The molecule has 24 heavy (non-hydrogen) atoms. The molecule has 4 nitrogen and oxygen atoms in total. The van der Waals surface area contributed by atoms with E-state index in [1.54, 1.807) is 6.92 Å². The number of ketones is 1. The molecule has 4 rings (SSSR count). The number of rotatable bonds is 0. The highest BCUT2D eigenvalue weighted by molar-refractivity contribution is 6.07. The van der Waals surface area contributed by atoms with E-state index in [1.165, 1.54) is 0 Å². The van der Waals surface area contributed by atoms with E-state index in [4.69, 9.17) is 4.74 Å². The van der Waals surface area contributed by atoms with Gasteiger partial charge in [0.25, 0.3) is 0 Å². The normalized spacial score (nSPS) is 18.4. The number of ether oxygens (including phenoxy) is 1. The van der Waals surface area contributed by atoms with Crippen molar-refractivity contribution in [3.05, 3.63) is 59.7 Å². The largest absolute Gasteiger partial charge is 0.456 e. The molecule has 2 aromatic rings. The third-order valence-corrected chi connectivity index (χ3v) is 5.25. The minimum atomic E-state index is -0.616. The minimum Gasteiger partial charge on any atom is -0.456 e. The molecule has 1 fully saturated rings. The summed E-state index contributed by atoms with van der Waals surface area (Å²) in [5, 5.41) is 0. The lowest BCUT2D eigenvalue weighted by Crippen LogP contribution is -2.48. The van der Waals surface area contributed by atoms with Crippen molar-refractivity contribution < 1.29 is 14.3 Å². The van der Waals surface area contributed by atoms with E-state index >= 15 is 0 Å². The number of piperidine rings is 1. The van der Waals surface area contributed by atoms with Crippen molar-refractivity contribution in [1.82, 2.24) is 4.90 Å². The number of fused-ring (bicyclic) bond motifs is 3. The lowest BCUT2D eigenvalue weighted by molar-refractivity contribution is -0.130. The quantitative estimate of drug-likeness (QED) is 0.745. The first kappa shape index (κ1) is 14.9. The van der Waals surface area contributed by atoms with Crippen LogP contribution in [0.5, 0.6) is 11.5 Å². The standard InChI is InChI=1S/C20H19NO3/c1-14(22)21-12-10-20(11-13-21)16-7-3-5-9-18(16)24-17-8-4-2-6-15(17)19(20)23/h2-9H,10-13H2,1H3. The molecule has 2 aliphatic heterocycles. The van der Waals surface area contributed by atoms with Crippen molar-refractivity contribution in [2.75, 3.05) is 13.1 Å². The van der Waals surface area contributed by atoms with E-state index in [-0.39, 0.29) is 11.7 Å². The molecule has 0 saturated carbocycles. The highest BCUT2D eigenvalue weighted by Crippen LogP contribution is 2.47. The van der Waals surface area contributed by atoms with Crippen LogP contribution in [0.1, 0.15) is 35.7 Å². The van der Waals surface area contributed by atoms with E-state index in [0.29, 0.717) is 37.2 Å². The summed E-state index contributed by atoms with van der Waals surface area (Å²) in [6.45, 7) is 2.77. The van der Waals surface area contributed by atoms with Crippen LogP contribution in [0.2, 0.25) is 0 Å². The Morgan fingerprint density at radius 3 is 2.33 bits per heavy atom. The second-order valence-electron chi connectivity index (χ2n) is 6.51. The highest BCUT2D eigenvalue weighted by Gasteiger charge is 2.47. The summed E-state index contributed by atoms with van der Waals surface area (Å²) in [7, 11) is 0. The lowest BCUT2D eigenvalue weighted by atomic mass is 9.68. The van der Waals surface area contributed by atoms with Crippen LogP contribution >= 0.6 is 0 Å². The fourth-order valence-electron chi connectivity index (χ4n) is 3.89. The molecule has 1 spiro atoms. The molecule has 0 aromatic heterocycles. The number of benzene rings is 2. The van der Waals surface area contributed by atoms with Crippen molar-refractivity contribution in [2.24, 2.45) is 0 Å². The van der Waals surface area contributed by atoms with Crippen LogP contribution in [0.3, 0.4) is 0 Å². The zero-order valence-corrected chi connectivity index (χ0v) is 13.6. The zero-order valence-electron chi connectivity index (χ0n) is 13.6. The van der Waals surface area contributed by atoms with Gasteiger partial charge >= 0.3 is 0 Å². The molecule has 1 saturated heterocycles. The molecule has 0 unspecified atom stereocenters. The average Bonchev–Trinajstić information content (AvgIpc) is 2.70. The summed E-state index contributed by atoms with van der Waals surface area (Å²) in [5.41, 5.74) is 0.953. The zero-order chi connectivity index (χ0) is 16.7. The summed E-state index contributed by atoms with van der Waals surface area (Å²) in [4.78, 5) is 27.0. The Bertz CT molecular complexity index is 819.